The Bertz CT molecular complexity index is 806. The van der Waals surface area contributed by atoms with Crippen molar-refractivity contribution < 1.29 is 14.3 Å². The van der Waals surface area contributed by atoms with Crippen LogP contribution in [0.5, 0.6) is 11.5 Å². The highest BCUT2D eigenvalue weighted by molar-refractivity contribution is 6.36. The van der Waals surface area contributed by atoms with Gasteiger partial charge in [-0.1, -0.05) is 23.2 Å². The van der Waals surface area contributed by atoms with Crippen molar-refractivity contribution in [3.63, 3.8) is 0 Å². The summed E-state index contributed by atoms with van der Waals surface area (Å²) in [5, 5.41) is 5.12. The molecule has 118 valence electrons. The third kappa shape index (κ3) is 3.41. The van der Waals surface area contributed by atoms with Crippen molar-refractivity contribution in [1.29, 1.82) is 0 Å². The molecule has 0 aliphatic carbocycles. The van der Waals surface area contributed by atoms with Crippen LogP contribution < -0.4 is 14.9 Å². The molecule has 0 saturated carbocycles. The third-order valence-electron chi connectivity index (χ3n) is 3.28. The fourth-order valence-electron chi connectivity index (χ4n) is 2.07. The largest absolute Gasteiger partial charge is 0.454 e. The number of carbonyl (C=O) groups is 1. The maximum absolute atomic E-state index is 12.2. The second-order valence-corrected chi connectivity index (χ2v) is 5.67. The number of hydrogen-bond acceptors (Lipinski definition) is 4. The van der Waals surface area contributed by atoms with Gasteiger partial charge in [0.05, 0.1) is 5.71 Å². The van der Waals surface area contributed by atoms with Crippen LogP contribution in [0.15, 0.2) is 41.5 Å². The number of fused-ring (bicyclic) bond motifs is 1. The molecule has 1 N–H and O–H groups in total. The van der Waals surface area contributed by atoms with Crippen LogP contribution in [0, 0.1) is 0 Å². The van der Waals surface area contributed by atoms with Crippen LogP contribution in [0.4, 0.5) is 0 Å². The quantitative estimate of drug-likeness (QED) is 0.674. The average molecular weight is 351 g/mol. The van der Waals surface area contributed by atoms with Gasteiger partial charge in [-0.05, 0) is 43.3 Å². The molecule has 5 nitrogen and oxygen atoms in total. The van der Waals surface area contributed by atoms with Gasteiger partial charge in [0.15, 0.2) is 11.5 Å². The zero-order valence-corrected chi connectivity index (χ0v) is 13.6. The summed E-state index contributed by atoms with van der Waals surface area (Å²) in [6.07, 6.45) is 0. The lowest BCUT2D eigenvalue weighted by molar-refractivity contribution is 0.0954. The SMILES string of the molecule is CC(=NNC(=O)c1ccc2c(c1)OCO2)c1cc(Cl)ccc1Cl. The minimum atomic E-state index is -0.360. The normalized spacial score (nSPS) is 13.1. The summed E-state index contributed by atoms with van der Waals surface area (Å²) in [7, 11) is 0. The summed E-state index contributed by atoms with van der Waals surface area (Å²) in [5.74, 6) is 0.795. The van der Waals surface area contributed by atoms with Gasteiger partial charge in [-0.2, -0.15) is 5.10 Å². The Kier molecular flexibility index (Phi) is 4.41. The average Bonchev–Trinajstić information content (AvgIpc) is 3.02. The van der Waals surface area contributed by atoms with E-state index in [9.17, 15) is 4.79 Å². The number of nitrogens with one attached hydrogen (secondary N) is 1. The standard InChI is InChI=1S/C16H12Cl2N2O3/c1-9(12-7-11(17)3-4-13(12)18)19-20-16(21)10-2-5-14-15(6-10)23-8-22-14/h2-7H,8H2,1H3,(H,20,21). The minimum Gasteiger partial charge on any atom is -0.454 e. The topological polar surface area (TPSA) is 59.9 Å². The van der Waals surface area contributed by atoms with E-state index >= 15 is 0 Å². The van der Waals surface area contributed by atoms with Gasteiger partial charge in [-0.15, -0.1) is 0 Å². The van der Waals surface area contributed by atoms with E-state index in [1.165, 1.54) is 0 Å². The molecule has 1 aliphatic rings. The number of nitrogens with zero attached hydrogens (tertiary/aromatic N) is 1. The van der Waals surface area contributed by atoms with Crippen molar-refractivity contribution in [1.82, 2.24) is 5.43 Å². The number of rotatable bonds is 3. The third-order valence-corrected chi connectivity index (χ3v) is 3.84. The highest BCUT2D eigenvalue weighted by Crippen LogP contribution is 2.32. The van der Waals surface area contributed by atoms with Gasteiger partial charge < -0.3 is 9.47 Å². The number of carbonyl (C=O) groups excluding carboxylic acids is 1. The van der Waals surface area contributed by atoms with Gasteiger partial charge in [-0.3, -0.25) is 4.79 Å². The molecule has 0 unspecified atom stereocenters. The van der Waals surface area contributed by atoms with E-state index in [2.05, 4.69) is 10.5 Å². The first-order chi connectivity index (χ1) is 11.0. The van der Waals surface area contributed by atoms with Crippen molar-refractivity contribution >= 4 is 34.8 Å². The maximum Gasteiger partial charge on any atom is 0.271 e. The lowest BCUT2D eigenvalue weighted by atomic mass is 10.1. The van der Waals surface area contributed by atoms with E-state index in [1.54, 1.807) is 43.3 Å². The molecule has 0 fully saturated rings. The summed E-state index contributed by atoms with van der Waals surface area (Å²) in [4.78, 5) is 12.2. The van der Waals surface area contributed by atoms with E-state index in [0.717, 1.165) is 0 Å². The smallest absolute Gasteiger partial charge is 0.271 e. The summed E-state index contributed by atoms with van der Waals surface area (Å²) in [6, 6.07) is 9.98. The number of benzene rings is 2. The summed E-state index contributed by atoms with van der Waals surface area (Å²) >= 11 is 12.1. The molecule has 1 amide bonds. The summed E-state index contributed by atoms with van der Waals surface area (Å²) in [6.45, 7) is 1.89. The number of halogens is 2. The van der Waals surface area contributed by atoms with Gasteiger partial charge in [0.1, 0.15) is 0 Å². The second kappa shape index (κ2) is 6.48. The van der Waals surface area contributed by atoms with Crippen molar-refractivity contribution in [2.24, 2.45) is 5.10 Å². The van der Waals surface area contributed by atoms with Gasteiger partial charge in [0.25, 0.3) is 5.91 Å². The van der Waals surface area contributed by atoms with E-state index < -0.39 is 0 Å². The van der Waals surface area contributed by atoms with Crippen LogP contribution in [0.1, 0.15) is 22.8 Å². The van der Waals surface area contributed by atoms with Gasteiger partial charge >= 0.3 is 0 Å². The molecule has 1 aliphatic heterocycles. The first-order valence-corrected chi connectivity index (χ1v) is 7.50. The molecule has 0 saturated heterocycles. The predicted octanol–water partition coefficient (Wildman–Crippen LogP) is 3.88. The molecule has 0 spiro atoms. The van der Waals surface area contributed by atoms with E-state index in [4.69, 9.17) is 32.7 Å². The van der Waals surface area contributed by atoms with Crippen molar-refractivity contribution in [3.8, 4) is 11.5 Å². The monoisotopic (exact) mass is 350 g/mol. The van der Waals surface area contributed by atoms with Gasteiger partial charge in [-0.25, -0.2) is 5.43 Å². The molecule has 2 aromatic rings. The van der Waals surface area contributed by atoms with Crippen molar-refractivity contribution in [3.05, 3.63) is 57.6 Å². The second-order valence-electron chi connectivity index (χ2n) is 4.83. The van der Waals surface area contributed by atoms with Gasteiger partial charge in [0.2, 0.25) is 6.79 Å². The first-order valence-electron chi connectivity index (χ1n) is 6.74. The molecule has 1 heterocycles. The van der Waals surface area contributed by atoms with Crippen LogP contribution in [-0.4, -0.2) is 18.4 Å². The number of amides is 1. The van der Waals surface area contributed by atoms with E-state index in [0.29, 0.717) is 38.4 Å². The Hall–Kier alpha value is -2.24. The highest BCUT2D eigenvalue weighted by Gasteiger charge is 2.16. The molecule has 0 bridgehead atoms. The van der Waals surface area contributed by atoms with Crippen LogP contribution in [0.2, 0.25) is 10.0 Å². The lowest BCUT2D eigenvalue weighted by Gasteiger charge is -2.06. The zero-order chi connectivity index (χ0) is 16.4. The minimum absolute atomic E-state index is 0.158. The maximum atomic E-state index is 12.2. The summed E-state index contributed by atoms with van der Waals surface area (Å²) < 4.78 is 10.4. The number of hydrogen-bond donors (Lipinski definition) is 1. The Balaban J connectivity index is 1.76. The fourth-order valence-corrected chi connectivity index (χ4v) is 2.50. The lowest BCUT2D eigenvalue weighted by Crippen LogP contribution is -2.19. The number of hydrazone groups is 1. The first kappa shape index (κ1) is 15.6. The molecule has 2 aromatic carbocycles. The molecule has 23 heavy (non-hydrogen) atoms. The Morgan fingerprint density at radius 1 is 1.13 bits per heavy atom. The van der Waals surface area contributed by atoms with Crippen LogP contribution >= 0.6 is 23.2 Å². The van der Waals surface area contributed by atoms with Crippen molar-refractivity contribution in [2.45, 2.75) is 6.92 Å². The van der Waals surface area contributed by atoms with Gasteiger partial charge in [0, 0.05) is 21.2 Å². The Morgan fingerprint density at radius 3 is 2.74 bits per heavy atom. The molecule has 0 atom stereocenters. The van der Waals surface area contributed by atoms with Crippen LogP contribution in [0.25, 0.3) is 0 Å². The molecule has 0 aromatic heterocycles. The van der Waals surface area contributed by atoms with Crippen molar-refractivity contribution in [2.75, 3.05) is 6.79 Å². The molecular formula is C16H12Cl2N2O3. The molecule has 0 radical (unpaired) electrons. The van der Waals surface area contributed by atoms with Crippen LogP contribution in [0.3, 0.4) is 0 Å². The molecule has 3 rings (SSSR count). The zero-order valence-electron chi connectivity index (χ0n) is 12.1. The van der Waals surface area contributed by atoms with E-state index in [-0.39, 0.29) is 12.7 Å². The Labute approximate surface area is 142 Å². The van der Waals surface area contributed by atoms with E-state index in [1.807, 2.05) is 0 Å². The fraction of sp³-hybridized carbons (Fsp3) is 0.125. The number of ether oxygens (including phenoxy) is 2. The summed E-state index contributed by atoms with van der Waals surface area (Å²) in [5.41, 5.74) is 4.11. The van der Waals surface area contributed by atoms with Crippen LogP contribution in [-0.2, 0) is 0 Å². The highest BCUT2D eigenvalue weighted by atomic mass is 35.5. The molecule has 7 heteroatoms. The predicted molar refractivity (Wildman–Crippen MR) is 88.7 cm³/mol. The Morgan fingerprint density at radius 2 is 1.91 bits per heavy atom. The molecular weight excluding hydrogens is 339 g/mol.